The number of carbonyl (C=O) groups is 1. The molecule has 3 rings (SSSR count). The number of nitrogens with zero attached hydrogens (tertiary/aromatic N) is 4. The van der Waals surface area contributed by atoms with E-state index >= 15 is 0 Å². The summed E-state index contributed by atoms with van der Waals surface area (Å²) in [6.45, 7) is 2.62. The minimum Gasteiger partial charge on any atom is -0.493 e. The van der Waals surface area contributed by atoms with E-state index in [0.29, 0.717) is 18.9 Å². The van der Waals surface area contributed by atoms with E-state index in [1.807, 2.05) is 25.1 Å². The molecule has 1 aliphatic rings. The first-order chi connectivity index (χ1) is 10.2. The molecule has 2 heterocycles. The number of ether oxygens (including phenoxy) is 1. The monoisotopic (exact) mass is 288 g/mol. The van der Waals surface area contributed by atoms with Crippen molar-refractivity contribution in [2.24, 2.45) is 0 Å². The third kappa shape index (κ3) is 2.58. The van der Waals surface area contributed by atoms with E-state index in [0.717, 1.165) is 23.3 Å². The minimum atomic E-state index is -0.856. The lowest BCUT2D eigenvalue weighted by Crippen LogP contribution is -2.15. The summed E-state index contributed by atoms with van der Waals surface area (Å²) in [6.07, 6.45) is 1.53. The first kappa shape index (κ1) is 13.5. The maximum Gasteiger partial charge on any atom is 0.305 e. The van der Waals surface area contributed by atoms with E-state index in [2.05, 4.69) is 15.5 Å². The van der Waals surface area contributed by atoms with Crippen LogP contribution in [0, 0.1) is 0 Å². The predicted molar refractivity (Wildman–Crippen MR) is 74.0 cm³/mol. The van der Waals surface area contributed by atoms with Crippen molar-refractivity contribution in [1.82, 2.24) is 20.2 Å². The van der Waals surface area contributed by atoms with Gasteiger partial charge in [-0.15, -0.1) is 5.10 Å². The van der Waals surface area contributed by atoms with Gasteiger partial charge < -0.3 is 9.84 Å². The number of hydrogen-bond donors (Lipinski definition) is 1. The highest BCUT2D eigenvalue weighted by molar-refractivity contribution is 5.67. The van der Waals surface area contributed by atoms with Gasteiger partial charge in [0.15, 0.2) is 5.82 Å². The zero-order valence-electron chi connectivity index (χ0n) is 11.7. The lowest BCUT2D eigenvalue weighted by Gasteiger charge is -2.14. The number of aliphatic carboxylic acids is 1. The van der Waals surface area contributed by atoms with Crippen molar-refractivity contribution < 1.29 is 14.6 Å². The highest BCUT2D eigenvalue weighted by atomic mass is 16.5. The third-order valence-electron chi connectivity index (χ3n) is 3.67. The molecule has 0 bridgehead atoms. The molecule has 1 aliphatic heterocycles. The molecule has 110 valence electrons. The number of carboxylic acid groups (broad SMARTS) is 1. The molecule has 0 radical (unpaired) electrons. The minimum absolute atomic E-state index is 0.00257. The summed E-state index contributed by atoms with van der Waals surface area (Å²) in [7, 11) is 0. The van der Waals surface area contributed by atoms with Gasteiger partial charge in [-0.05, 0) is 40.6 Å². The molecule has 1 atom stereocenters. The molecule has 0 saturated heterocycles. The molecule has 0 aliphatic carbocycles. The second-order valence-corrected chi connectivity index (χ2v) is 5.03. The number of hydrogen-bond acceptors (Lipinski definition) is 5. The van der Waals surface area contributed by atoms with Crippen molar-refractivity contribution in [2.45, 2.75) is 32.2 Å². The first-order valence-corrected chi connectivity index (χ1v) is 6.94. The maximum absolute atomic E-state index is 11.0. The molecule has 1 N–H and O–H groups in total. The van der Waals surface area contributed by atoms with Crippen molar-refractivity contribution in [2.75, 3.05) is 6.61 Å². The fourth-order valence-electron chi connectivity index (χ4n) is 2.56. The molecular formula is C14H16N4O3. The van der Waals surface area contributed by atoms with Gasteiger partial charge in [-0.3, -0.25) is 4.79 Å². The van der Waals surface area contributed by atoms with E-state index in [4.69, 9.17) is 9.84 Å². The van der Waals surface area contributed by atoms with Crippen LogP contribution in [0.25, 0.3) is 11.4 Å². The second kappa shape index (κ2) is 5.51. The highest BCUT2D eigenvalue weighted by Crippen LogP contribution is 2.30. The zero-order valence-corrected chi connectivity index (χ0v) is 11.7. The number of carboxylic acids is 1. The summed E-state index contributed by atoms with van der Waals surface area (Å²) in [6, 6.07) is 5.57. The van der Waals surface area contributed by atoms with Crippen LogP contribution in [0.1, 0.15) is 31.4 Å². The third-order valence-corrected chi connectivity index (χ3v) is 3.67. The Bertz CT molecular complexity index is 668. The van der Waals surface area contributed by atoms with E-state index in [9.17, 15) is 4.79 Å². The van der Waals surface area contributed by atoms with Crippen LogP contribution in [-0.4, -0.2) is 37.9 Å². The van der Waals surface area contributed by atoms with Gasteiger partial charge in [0, 0.05) is 12.0 Å². The van der Waals surface area contributed by atoms with Gasteiger partial charge in [0.05, 0.1) is 19.1 Å². The Hall–Kier alpha value is -2.44. The van der Waals surface area contributed by atoms with Crippen molar-refractivity contribution in [1.29, 1.82) is 0 Å². The average Bonchev–Trinajstić information content (AvgIpc) is 3.12. The van der Waals surface area contributed by atoms with Crippen molar-refractivity contribution in [3.63, 3.8) is 0 Å². The Balaban J connectivity index is 1.96. The van der Waals surface area contributed by atoms with Gasteiger partial charge in [-0.25, -0.2) is 4.68 Å². The lowest BCUT2D eigenvalue weighted by molar-refractivity contribution is -0.138. The Morgan fingerprint density at radius 2 is 2.38 bits per heavy atom. The standard InChI is InChI=1S/C14H16N4O3/c1-2-11(8-13(19)20)18-14(15-16-17-18)10-3-4-12-9(7-10)5-6-21-12/h3-4,7,11H,2,5-6,8H2,1H3,(H,19,20). The number of fused-ring (bicyclic) bond motifs is 1. The highest BCUT2D eigenvalue weighted by Gasteiger charge is 2.21. The number of tetrazole rings is 1. The van der Waals surface area contributed by atoms with E-state index in [1.54, 1.807) is 4.68 Å². The van der Waals surface area contributed by atoms with Crippen LogP contribution in [-0.2, 0) is 11.2 Å². The summed E-state index contributed by atoms with van der Waals surface area (Å²) in [5.41, 5.74) is 2.02. The van der Waals surface area contributed by atoms with Gasteiger partial charge in [0.25, 0.3) is 0 Å². The first-order valence-electron chi connectivity index (χ1n) is 6.94. The smallest absolute Gasteiger partial charge is 0.305 e. The van der Waals surface area contributed by atoms with Gasteiger partial charge in [-0.2, -0.15) is 0 Å². The quantitative estimate of drug-likeness (QED) is 0.900. The lowest BCUT2D eigenvalue weighted by atomic mass is 10.1. The van der Waals surface area contributed by atoms with Crippen LogP contribution in [0.3, 0.4) is 0 Å². The summed E-state index contributed by atoms with van der Waals surface area (Å²) in [4.78, 5) is 11.0. The fraction of sp³-hybridized carbons (Fsp3) is 0.429. The Morgan fingerprint density at radius 3 is 3.14 bits per heavy atom. The van der Waals surface area contributed by atoms with Crippen LogP contribution < -0.4 is 4.74 Å². The normalized spacial score (nSPS) is 14.5. The number of aromatic nitrogens is 4. The zero-order chi connectivity index (χ0) is 14.8. The predicted octanol–water partition coefficient (Wildman–Crippen LogP) is 1.70. The van der Waals surface area contributed by atoms with Gasteiger partial charge >= 0.3 is 5.97 Å². The van der Waals surface area contributed by atoms with E-state index in [-0.39, 0.29) is 12.5 Å². The molecule has 7 heteroatoms. The Labute approximate surface area is 121 Å². The number of rotatable bonds is 5. The molecule has 0 saturated carbocycles. The van der Waals surface area contributed by atoms with Crippen LogP contribution >= 0.6 is 0 Å². The largest absolute Gasteiger partial charge is 0.493 e. The van der Waals surface area contributed by atoms with Crippen LogP contribution in [0.5, 0.6) is 5.75 Å². The maximum atomic E-state index is 11.0. The van der Waals surface area contributed by atoms with Crippen molar-refractivity contribution >= 4 is 5.97 Å². The molecular weight excluding hydrogens is 272 g/mol. The van der Waals surface area contributed by atoms with Gasteiger partial charge in [-0.1, -0.05) is 6.92 Å². The topological polar surface area (TPSA) is 90.1 Å². The fourth-order valence-corrected chi connectivity index (χ4v) is 2.56. The average molecular weight is 288 g/mol. The summed E-state index contributed by atoms with van der Waals surface area (Å²) in [5.74, 6) is 0.638. The molecule has 21 heavy (non-hydrogen) atoms. The van der Waals surface area contributed by atoms with Gasteiger partial charge in [0.2, 0.25) is 0 Å². The van der Waals surface area contributed by atoms with Crippen LogP contribution in [0.4, 0.5) is 0 Å². The van der Waals surface area contributed by atoms with Crippen molar-refractivity contribution in [3.05, 3.63) is 23.8 Å². The SMILES string of the molecule is CCC(CC(=O)O)n1nnnc1-c1ccc2c(c1)CCO2. The molecule has 0 spiro atoms. The van der Waals surface area contributed by atoms with Crippen molar-refractivity contribution in [3.8, 4) is 17.1 Å². The second-order valence-electron chi connectivity index (χ2n) is 5.03. The van der Waals surface area contributed by atoms with Crippen LogP contribution in [0.2, 0.25) is 0 Å². The molecule has 0 fully saturated rings. The molecule has 1 aromatic carbocycles. The molecule has 7 nitrogen and oxygen atoms in total. The van der Waals surface area contributed by atoms with Crippen LogP contribution in [0.15, 0.2) is 18.2 Å². The molecule has 1 unspecified atom stereocenters. The van der Waals surface area contributed by atoms with E-state index < -0.39 is 5.97 Å². The molecule has 0 amide bonds. The molecule has 2 aromatic rings. The van der Waals surface area contributed by atoms with Gasteiger partial charge in [0.1, 0.15) is 5.75 Å². The summed E-state index contributed by atoms with van der Waals surface area (Å²) >= 11 is 0. The molecule has 1 aromatic heterocycles. The Kier molecular flexibility index (Phi) is 3.55. The Morgan fingerprint density at radius 1 is 1.52 bits per heavy atom. The summed E-state index contributed by atoms with van der Waals surface area (Å²) in [5, 5.41) is 20.7. The van der Waals surface area contributed by atoms with E-state index in [1.165, 1.54) is 0 Å². The number of benzene rings is 1. The summed E-state index contributed by atoms with van der Waals surface area (Å²) < 4.78 is 7.09.